The van der Waals surface area contributed by atoms with E-state index >= 15 is 0 Å². The molecule has 0 aliphatic heterocycles. The van der Waals surface area contributed by atoms with Gasteiger partial charge in [-0.05, 0) is 11.6 Å². The van der Waals surface area contributed by atoms with Gasteiger partial charge in [0.05, 0.1) is 22.9 Å². The van der Waals surface area contributed by atoms with Crippen molar-refractivity contribution in [3.8, 4) is 21.7 Å². The van der Waals surface area contributed by atoms with E-state index in [0.29, 0.717) is 5.13 Å². The maximum absolute atomic E-state index is 10.7. The first kappa shape index (κ1) is 17.6. The van der Waals surface area contributed by atoms with E-state index in [4.69, 9.17) is 4.42 Å². The molecule has 0 radical (unpaired) electrons. The smallest absolute Gasteiger partial charge is 0.400 e. The van der Waals surface area contributed by atoms with Gasteiger partial charge in [-0.25, -0.2) is 4.98 Å². The minimum absolute atomic E-state index is 0.280. The molecule has 138 valence electrons. The highest BCUT2D eigenvalue weighted by Crippen LogP contribution is 2.38. The topological polar surface area (TPSA) is 93.6 Å². The summed E-state index contributed by atoms with van der Waals surface area (Å²) >= 11 is 1.48. The molecule has 4 rings (SSSR count). The summed E-state index contributed by atoms with van der Waals surface area (Å²) < 4.78 is 5.05. The Hall–Kier alpha value is -3.78. The molecular formula is C20H14N4O3S. The number of nitro groups is 1. The van der Waals surface area contributed by atoms with Gasteiger partial charge in [-0.1, -0.05) is 72.0 Å². The maximum atomic E-state index is 10.7. The fourth-order valence-corrected chi connectivity index (χ4v) is 3.55. The molecular weight excluding hydrogens is 376 g/mol. The Bertz CT molecular complexity index is 1060. The van der Waals surface area contributed by atoms with Gasteiger partial charge in [-0.15, -0.1) is 0 Å². The van der Waals surface area contributed by atoms with Gasteiger partial charge < -0.3 is 4.42 Å². The Morgan fingerprint density at radius 1 is 1.00 bits per heavy atom. The Kier molecular flexibility index (Phi) is 4.94. The van der Waals surface area contributed by atoms with Crippen molar-refractivity contribution in [1.82, 2.24) is 4.98 Å². The van der Waals surface area contributed by atoms with Crippen LogP contribution in [0.2, 0.25) is 0 Å². The van der Waals surface area contributed by atoms with Crippen LogP contribution in [0.4, 0.5) is 11.0 Å². The quantitative estimate of drug-likeness (QED) is 0.269. The van der Waals surface area contributed by atoms with Crippen LogP contribution in [0.25, 0.3) is 21.7 Å². The molecule has 0 fully saturated rings. The summed E-state index contributed by atoms with van der Waals surface area (Å²) in [6.07, 6.45) is 1.37. The van der Waals surface area contributed by atoms with E-state index in [1.807, 2.05) is 60.7 Å². The third-order valence-electron chi connectivity index (χ3n) is 3.85. The molecule has 0 aliphatic carbocycles. The summed E-state index contributed by atoms with van der Waals surface area (Å²) in [4.78, 5) is 15.8. The molecule has 2 heterocycles. The molecule has 0 amide bonds. The van der Waals surface area contributed by atoms with E-state index in [2.05, 4.69) is 15.5 Å². The summed E-state index contributed by atoms with van der Waals surface area (Å²) in [6.45, 7) is 0. The molecule has 7 nitrogen and oxygen atoms in total. The van der Waals surface area contributed by atoms with Gasteiger partial charge in [-0.2, -0.15) is 5.10 Å². The number of hydrogen-bond donors (Lipinski definition) is 1. The zero-order valence-electron chi connectivity index (χ0n) is 14.5. The zero-order chi connectivity index (χ0) is 19.3. The maximum Gasteiger partial charge on any atom is 0.433 e. The highest BCUT2D eigenvalue weighted by atomic mass is 32.1. The fraction of sp³-hybridized carbons (Fsp3) is 0. The Balaban J connectivity index is 1.62. The third-order valence-corrected chi connectivity index (χ3v) is 4.86. The molecule has 0 saturated heterocycles. The van der Waals surface area contributed by atoms with Gasteiger partial charge in [-0.3, -0.25) is 15.5 Å². The van der Waals surface area contributed by atoms with Gasteiger partial charge in [0.2, 0.25) is 5.13 Å². The molecule has 0 unspecified atom stereocenters. The van der Waals surface area contributed by atoms with E-state index in [9.17, 15) is 10.1 Å². The number of thiazole rings is 1. The van der Waals surface area contributed by atoms with Crippen LogP contribution in [0.3, 0.4) is 0 Å². The number of hydrazone groups is 1. The molecule has 0 saturated carbocycles. The van der Waals surface area contributed by atoms with E-state index in [-0.39, 0.29) is 11.6 Å². The van der Waals surface area contributed by atoms with Crippen LogP contribution in [0, 0.1) is 10.1 Å². The zero-order valence-corrected chi connectivity index (χ0v) is 15.3. The summed E-state index contributed by atoms with van der Waals surface area (Å²) in [6, 6.07) is 22.7. The summed E-state index contributed by atoms with van der Waals surface area (Å²) in [5.41, 5.74) is 5.82. The number of furan rings is 1. The second-order valence-corrected chi connectivity index (χ2v) is 6.73. The van der Waals surface area contributed by atoms with E-state index in [1.165, 1.54) is 29.7 Å². The van der Waals surface area contributed by atoms with Crippen LogP contribution in [-0.2, 0) is 0 Å². The Morgan fingerprint density at radius 2 is 1.68 bits per heavy atom. The van der Waals surface area contributed by atoms with Gasteiger partial charge >= 0.3 is 5.88 Å². The van der Waals surface area contributed by atoms with Crippen molar-refractivity contribution in [3.63, 3.8) is 0 Å². The number of nitrogens with one attached hydrogen (secondary N) is 1. The first-order valence-electron chi connectivity index (χ1n) is 8.35. The monoisotopic (exact) mass is 390 g/mol. The van der Waals surface area contributed by atoms with Crippen LogP contribution in [-0.4, -0.2) is 16.1 Å². The van der Waals surface area contributed by atoms with Gasteiger partial charge in [0.1, 0.15) is 4.92 Å². The van der Waals surface area contributed by atoms with E-state index in [0.717, 1.165) is 21.7 Å². The van der Waals surface area contributed by atoms with Crippen LogP contribution >= 0.6 is 11.3 Å². The lowest BCUT2D eigenvalue weighted by atomic mass is 10.1. The molecule has 0 spiro atoms. The van der Waals surface area contributed by atoms with Gasteiger partial charge in [0.25, 0.3) is 0 Å². The number of nitrogens with zero attached hydrogens (tertiary/aromatic N) is 3. The van der Waals surface area contributed by atoms with Gasteiger partial charge in [0, 0.05) is 5.56 Å². The molecule has 4 aromatic rings. The number of hydrogen-bond acceptors (Lipinski definition) is 7. The van der Waals surface area contributed by atoms with Crippen LogP contribution in [0.1, 0.15) is 5.76 Å². The van der Waals surface area contributed by atoms with Crippen LogP contribution < -0.4 is 5.43 Å². The number of rotatable bonds is 6. The Labute approximate surface area is 164 Å². The largest absolute Gasteiger partial charge is 0.433 e. The molecule has 0 bridgehead atoms. The fourth-order valence-electron chi connectivity index (χ4n) is 2.61. The van der Waals surface area contributed by atoms with Crippen LogP contribution in [0.5, 0.6) is 0 Å². The molecule has 0 atom stereocenters. The first-order valence-corrected chi connectivity index (χ1v) is 9.17. The summed E-state index contributed by atoms with van der Waals surface area (Å²) in [5.74, 6) is -0.0456. The minimum atomic E-state index is -0.593. The predicted molar refractivity (Wildman–Crippen MR) is 110 cm³/mol. The average molecular weight is 390 g/mol. The summed E-state index contributed by atoms with van der Waals surface area (Å²) in [7, 11) is 0. The van der Waals surface area contributed by atoms with Crippen molar-refractivity contribution in [2.45, 2.75) is 0 Å². The Morgan fingerprint density at radius 3 is 2.32 bits per heavy atom. The highest BCUT2D eigenvalue weighted by molar-refractivity contribution is 7.19. The molecule has 28 heavy (non-hydrogen) atoms. The summed E-state index contributed by atoms with van der Waals surface area (Å²) in [5, 5.41) is 15.4. The lowest BCUT2D eigenvalue weighted by molar-refractivity contribution is -0.402. The second-order valence-electron chi connectivity index (χ2n) is 5.73. The average Bonchev–Trinajstić information content (AvgIpc) is 3.37. The van der Waals surface area contributed by atoms with Crippen molar-refractivity contribution in [2.24, 2.45) is 5.10 Å². The van der Waals surface area contributed by atoms with E-state index < -0.39 is 4.92 Å². The van der Waals surface area contributed by atoms with Crippen molar-refractivity contribution in [3.05, 3.63) is 88.7 Å². The number of aromatic nitrogens is 1. The molecule has 2 aromatic heterocycles. The standard InChI is InChI=1S/C20H14N4O3S/c25-24(26)17-12-11-16(27-17)13-21-23-20-22-18(14-7-3-1-4-8-14)19(28-20)15-9-5-2-6-10-15/h1-13H,(H,22,23)/b21-13-. The lowest BCUT2D eigenvalue weighted by Gasteiger charge is -2.02. The number of benzene rings is 2. The highest BCUT2D eigenvalue weighted by Gasteiger charge is 2.15. The predicted octanol–water partition coefficient (Wildman–Crippen LogP) is 5.42. The van der Waals surface area contributed by atoms with Gasteiger partial charge in [0.15, 0.2) is 5.76 Å². The van der Waals surface area contributed by atoms with Crippen LogP contribution in [0.15, 0.2) is 82.3 Å². The van der Waals surface area contributed by atoms with Crippen molar-refractivity contribution in [2.75, 3.05) is 5.43 Å². The lowest BCUT2D eigenvalue weighted by Crippen LogP contribution is -1.89. The normalized spacial score (nSPS) is 11.0. The molecule has 1 N–H and O–H groups in total. The van der Waals surface area contributed by atoms with Crippen molar-refractivity contribution >= 4 is 28.6 Å². The second kappa shape index (κ2) is 7.85. The SMILES string of the molecule is O=[N+]([O-])c1ccc(/C=N\Nc2nc(-c3ccccc3)c(-c3ccccc3)s2)o1. The minimum Gasteiger partial charge on any atom is -0.400 e. The third kappa shape index (κ3) is 3.81. The molecule has 8 heteroatoms. The van der Waals surface area contributed by atoms with Crippen molar-refractivity contribution in [1.29, 1.82) is 0 Å². The number of anilines is 1. The molecule has 2 aromatic carbocycles. The van der Waals surface area contributed by atoms with E-state index in [1.54, 1.807) is 0 Å². The first-order chi connectivity index (χ1) is 13.7. The van der Waals surface area contributed by atoms with Crippen molar-refractivity contribution < 1.29 is 9.34 Å². The molecule has 0 aliphatic rings.